The summed E-state index contributed by atoms with van der Waals surface area (Å²) in [4.78, 5) is 11.1. The molecule has 2 rings (SSSR count). The molecule has 0 N–H and O–H groups in total. The van der Waals surface area contributed by atoms with Crippen LogP contribution in [0.25, 0.3) is 0 Å². The molecule has 2 heteroatoms. The predicted octanol–water partition coefficient (Wildman–Crippen LogP) is 2.35. The minimum atomic E-state index is -0.0582. The lowest BCUT2D eigenvalue weighted by Gasteiger charge is -2.26. The van der Waals surface area contributed by atoms with Crippen LogP contribution in [-0.4, -0.2) is 12.6 Å². The molecule has 1 aromatic carbocycles. The molecule has 74 valence electrons. The molecule has 2 nitrogen and oxygen atoms in total. The lowest BCUT2D eigenvalue weighted by Crippen LogP contribution is -2.27. The molecule has 1 fully saturated rings. The number of hydrogen-bond acceptors (Lipinski definition) is 2. The van der Waals surface area contributed by atoms with Gasteiger partial charge in [-0.3, -0.25) is 4.79 Å². The molecule has 1 aliphatic rings. The highest BCUT2D eigenvalue weighted by Gasteiger charge is 2.27. The van der Waals surface area contributed by atoms with Gasteiger partial charge in [-0.15, -0.1) is 0 Å². The van der Waals surface area contributed by atoms with E-state index in [0.717, 1.165) is 6.42 Å². The second-order valence-electron chi connectivity index (χ2n) is 3.87. The zero-order chi connectivity index (χ0) is 9.97. The van der Waals surface area contributed by atoms with Gasteiger partial charge in [0.1, 0.15) is 0 Å². The fraction of sp³-hybridized carbons (Fsp3) is 0.417. The molecule has 1 aliphatic heterocycles. The van der Waals surface area contributed by atoms with Gasteiger partial charge in [0, 0.05) is 5.92 Å². The molecule has 0 radical (unpaired) electrons. The molecule has 0 bridgehead atoms. The Morgan fingerprint density at radius 3 is 2.64 bits per heavy atom. The summed E-state index contributed by atoms with van der Waals surface area (Å²) in [6, 6.07) is 10.2. The Balaban J connectivity index is 2.11. The van der Waals surface area contributed by atoms with Gasteiger partial charge in [0.15, 0.2) is 0 Å². The van der Waals surface area contributed by atoms with E-state index in [9.17, 15) is 4.79 Å². The Morgan fingerprint density at radius 2 is 2.00 bits per heavy atom. The number of benzene rings is 1. The Bertz CT molecular complexity index is 318. The average Bonchev–Trinajstić information content (AvgIpc) is 2.23. The SMILES string of the molecule is C[C@H]1C[C@@H](c2ccccc2)COC1=O. The zero-order valence-electron chi connectivity index (χ0n) is 8.27. The van der Waals surface area contributed by atoms with Gasteiger partial charge >= 0.3 is 5.97 Å². The van der Waals surface area contributed by atoms with Crippen LogP contribution < -0.4 is 0 Å². The van der Waals surface area contributed by atoms with E-state index >= 15 is 0 Å². The van der Waals surface area contributed by atoms with E-state index < -0.39 is 0 Å². The van der Waals surface area contributed by atoms with Crippen molar-refractivity contribution in [2.75, 3.05) is 6.61 Å². The van der Waals surface area contributed by atoms with Crippen LogP contribution in [0.1, 0.15) is 24.8 Å². The van der Waals surface area contributed by atoms with Crippen LogP contribution in [0.5, 0.6) is 0 Å². The minimum Gasteiger partial charge on any atom is -0.465 e. The molecule has 0 unspecified atom stereocenters. The van der Waals surface area contributed by atoms with Crippen LogP contribution in [0.2, 0.25) is 0 Å². The van der Waals surface area contributed by atoms with Crippen molar-refractivity contribution >= 4 is 5.97 Å². The topological polar surface area (TPSA) is 26.3 Å². The number of carbonyl (C=O) groups is 1. The molecular weight excluding hydrogens is 176 g/mol. The molecule has 1 aromatic rings. The van der Waals surface area contributed by atoms with Gasteiger partial charge in [0.25, 0.3) is 0 Å². The average molecular weight is 190 g/mol. The van der Waals surface area contributed by atoms with Crippen molar-refractivity contribution in [1.82, 2.24) is 0 Å². The molecule has 0 aliphatic carbocycles. The van der Waals surface area contributed by atoms with Crippen LogP contribution in [-0.2, 0) is 9.53 Å². The van der Waals surface area contributed by atoms with E-state index in [1.165, 1.54) is 5.56 Å². The molecule has 0 spiro atoms. The quantitative estimate of drug-likeness (QED) is 0.635. The summed E-state index contributed by atoms with van der Waals surface area (Å²) >= 11 is 0. The van der Waals surface area contributed by atoms with Crippen molar-refractivity contribution in [2.24, 2.45) is 5.92 Å². The maximum absolute atomic E-state index is 11.1. The number of carbonyl (C=O) groups excluding carboxylic acids is 1. The maximum atomic E-state index is 11.1. The van der Waals surface area contributed by atoms with Crippen molar-refractivity contribution in [1.29, 1.82) is 0 Å². The highest BCUT2D eigenvalue weighted by molar-refractivity contribution is 5.72. The molecular formula is C12H14O2. The number of cyclic esters (lactones) is 1. The molecule has 1 saturated heterocycles. The van der Waals surface area contributed by atoms with Gasteiger partial charge in [-0.2, -0.15) is 0 Å². The van der Waals surface area contributed by atoms with Crippen molar-refractivity contribution in [3.05, 3.63) is 35.9 Å². The van der Waals surface area contributed by atoms with Crippen molar-refractivity contribution < 1.29 is 9.53 Å². The monoisotopic (exact) mass is 190 g/mol. The maximum Gasteiger partial charge on any atom is 0.308 e. The Kier molecular flexibility index (Phi) is 2.53. The molecule has 0 aromatic heterocycles. The number of rotatable bonds is 1. The van der Waals surface area contributed by atoms with Gasteiger partial charge in [-0.1, -0.05) is 37.3 Å². The number of esters is 1. The summed E-state index contributed by atoms with van der Waals surface area (Å²) < 4.78 is 5.12. The highest BCUT2D eigenvalue weighted by Crippen LogP contribution is 2.28. The molecule has 2 atom stereocenters. The van der Waals surface area contributed by atoms with Crippen molar-refractivity contribution in [3.8, 4) is 0 Å². The van der Waals surface area contributed by atoms with Crippen molar-refractivity contribution in [2.45, 2.75) is 19.3 Å². The standard InChI is InChI=1S/C12H14O2/c1-9-7-11(8-14-12(9)13)10-5-3-2-4-6-10/h2-6,9,11H,7-8H2,1H3/t9-,11+/m0/s1. The van der Waals surface area contributed by atoms with Crippen LogP contribution >= 0.6 is 0 Å². The van der Waals surface area contributed by atoms with Gasteiger partial charge in [-0.25, -0.2) is 0 Å². The first-order valence-electron chi connectivity index (χ1n) is 4.99. The van der Waals surface area contributed by atoms with Crippen molar-refractivity contribution in [3.63, 3.8) is 0 Å². The smallest absolute Gasteiger partial charge is 0.308 e. The summed E-state index contributed by atoms with van der Waals surface area (Å²) in [5, 5.41) is 0. The van der Waals surface area contributed by atoms with Gasteiger partial charge in [0.2, 0.25) is 0 Å². The first-order valence-corrected chi connectivity index (χ1v) is 4.99. The van der Waals surface area contributed by atoms with Crippen LogP contribution in [0, 0.1) is 5.92 Å². The third-order valence-corrected chi connectivity index (χ3v) is 2.74. The number of hydrogen-bond donors (Lipinski definition) is 0. The highest BCUT2D eigenvalue weighted by atomic mass is 16.5. The number of ether oxygens (including phenoxy) is 1. The lowest BCUT2D eigenvalue weighted by atomic mass is 9.88. The van der Waals surface area contributed by atoms with Gasteiger partial charge in [0.05, 0.1) is 12.5 Å². The third-order valence-electron chi connectivity index (χ3n) is 2.74. The predicted molar refractivity (Wildman–Crippen MR) is 53.9 cm³/mol. The Morgan fingerprint density at radius 1 is 1.29 bits per heavy atom. The van der Waals surface area contributed by atoms with E-state index in [4.69, 9.17) is 4.74 Å². The van der Waals surface area contributed by atoms with Crippen LogP contribution in [0.3, 0.4) is 0 Å². The van der Waals surface area contributed by atoms with E-state index in [1.807, 2.05) is 25.1 Å². The van der Waals surface area contributed by atoms with E-state index in [-0.39, 0.29) is 11.9 Å². The largest absolute Gasteiger partial charge is 0.465 e. The summed E-state index contributed by atoms with van der Waals surface area (Å²) in [7, 11) is 0. The first kappa shape index (κ1) is 9.25. The second kappa shape index (κ2) is 3.82. The Hall–Kier alpha value is -1.31. The lowest BCUT2D eigenvalue weighted by molar-refractivity contribution is -0.153. The van der Waals surface area contributed by atoms with E-state index in [2.05, 4.69) is 12.1 Å². The van der Waals surface area contributed by atoms with Gasteiger partial charge < -0.3 is 4.74 Å². The molecule has 0 amide bonds. The van der Waals surface area contributed by atoms with E-state index in [0.29, 0.717) is 12.5 Å². The molecule has 14 heavy (non-hydrogen) atoms. The zero-order valence-corrected chi connectivity index (χ0v) is 8.27. The van der Waals surface area contributed by atoms with Crippen LogP contribution in [0.4, 0.5) is 0 Å². The van der Waals surface area contributed by atoms with Crippen LogP contribution in [0.15, 0.2) is 30.3 Å². The summed E-state index contributed by atoms with van der Waals surface area (Å²) in [6.45, 7) is 2.46. The Labute approximate surface area is 83.9 Å². The third kappa shape index (κ3) is 1.79. The van der Waals surface area contributed by atoms with E-state index in [1.54, 1.807) is 0 Å². The molecule has 0 saturated carbocycles. The summed E-state index contributed by atoms with van der Waals surface area (Å²) in [5.41, 5.74) is 1.27. The minimum absolute atomic E-state index is 0.0361. The fourth-order valence-electron chi connectivity index (χ4n) is 1.87. The molecule has 1 heterocycles. The summed E-state index contributed by atoms with van der Waals surface area (Å²) in [6.07, 6.45) is 0.906. The second-order valence-corrected chi connectivity index (χ2v) is 3.87. The fourth-order valence-corrected chi connectivity index (χ4v) is 1.87. The normalized spacial score (nSPS) is 27.1. The first-order chi connectivity index (χ1) is 6.77. The summed E-state index contributed by atoms with van der Waals surface area (Å²) in [5.74, 6) is 0.357. The van der Waals surface area contributed by atoms with Gasteiger partial charge in [-0.05, 0) is 12.0 Å².